The van der Waals surface area contributed by atoms with E-state index in [9.17, 15) is 4.39 Å². The van der Waals surface area contributed by atoms with E-state index in [0.29, 0.717) is 12.2 Å². The lowest BCUT2D eigenvalue weighted by atomic mass is 10.2. The van der Waals surface area contributed by atoms with Gasteiger partial charge in [0.1, 0.15) is 5.82 Å². The van der Waals surface area contributed by atoms with Crippen LogP contribution in [-0.4, -0.2) is 12.6 Å². The molecule has 0 amide bonds. The maximum absolute atomic E-state index is 12.8. The summed E-state index contributed by atoms with van der Waals surface area (Å²) in [6.07, 6.45) is 0.815. The number of ether oxygens (including phenoxy) is 1. The van der Waals surface area contributed by atoms with Crippen LogP contribution in [0, 0.1) is 11.4 Å². The van der Waals surface area contributed by atoms with E-state index in [1.165, 1.54) is 12.1 Å². The molecule has 0 aliphatic carbocycles. The highest BCUT2D eigenvalue weighted by molar-refractivity contribution is 6.26. The van der Waals surface area contributed by atoms with Crippen LogP contribution in [0.2, 0.25) is 0 Å². The summed E-state index contributed by atoms with van der Waals surface area (Å²) in [4.78, 5) is 0. The number of hydrogen-bond acceptors (Lipinski definition) is 2. The van der Waals surface area contributed by atoms with Crippen LogP contribution in [0.1, 0.15) is 6.42 Å². The second-order valence-electron chi connectivity index (χ2n) is 3.15. The zero-order chi connectivity index (χ0) is 9.97. The van der Waals surface area contributed by atoms with E-state index in [-0.39, 0.29) is 11.9 Å². The van der Waals surface area contributed by atoms with Gasteiger partial charge in [-0.15, -0.1) is 0 Å². The molecule has 1 aliphatic heterocycles. The summed E-state index contributed by atoms with van der Waals surface area (Å²) in [6.45, 7) is 0.617. The van der Waals surface area contributed by atoms with Gasteiger partial charge in [-0.3, -0.25) is 0 Å². The molecular weight excluding hydrogens is 205 g/mol. The molecule has 0 spiro atoms. The molecule has 4 heteroatoms. The Kier molecular flexibility index (Phi) is 2.89. The van der Waals surface area contributed by atoms with Crippen molar-refractivity contribution in [2.24, 2.45) is 0 Å². The van der Waals surface area contributed by atoms with Gasteiger partial charge in [-0.25, -0.2) is 4.39 Å². The molecule has 0 bridgehead atoms. The molecule has 1 heterocycles. The molecule has 1 N–H and O–H groups in total. The number of halogens is 2. The van der Waals surface area contributed by atoms with Crippen LogP contribution in [-0.2, 0) is 4.74 Å². The van der Waals surface area contributed by atoms with Crippen LogP contribution >= 0.6 is 11.6 Å². The van der Waals surface area contributed by atoms with Gasteiger partial charge in [0.25, 0.3) is 0 Å². The van der Waals surface area contributed by atoms with E-state index in [2.05, 4.69) is 5.32 Å². The maximum atomic E-state index is 12.8. The first-order valence-electron chi connectivity index (χ1n) is 4.43. The average Bonchev–Trinajstić information content (AvgIpc) is 2.52. The Morgan fingerprint density at radius 2 is 2.36 bits per heavy atom. The predicted octanol–water partition coefficient (Wildman–Crippen LogP) is 2.75. The first kappa shape index (κ1) is 9.74. The fourth-order valence-corrected chi connectivity index (χ4v) is 1.64. The summed E-state index contributed by atoms with van der Waals surface area (Å²) in [5.74, 6) is -0.259. The van der Waals surface area contributed by atoms with Gasteiger partial charge in [0.15, 0.2) is 0 Å². The van der Waals surface area contributed by atoms with Crippen molar-refractivity contribution in [3.05, 3.63) is 35.6 Å². The molecular formula is C10H10ClFNO. The normalized spacial score (nSPS) is 22.6. The van der Waals surface area contributed by atoms with Crippen LogP contribution in [0.15, 0.2) is 24.3 Å². The molecule has 1 radical (unpaired) electrons. The highest BCUT2D eigenvalue weighted by Crippen LogP contribution is 2.27. The zero-order valence-corrected chi connectivity index (χ0v) is 8.22. The van der Waals surface area contributed by atoms with Gasteiger partial charge in [0.2, 0.25) is 5.56 Å². The second kappa shape index (κ2) is 4.15. The van der Waals surface area contributed by atoms with Crippen LogP contribution < -0.4 is 5.32 Å². The summed E-state index contributed by atoms with van der Waals surface area (Å²) in [5, 5.41) is 3.10. The van der Waals surface area contributed by atoms with E-state index in [0.717, 1.165) is 12.1 Å². The van der Waals surface area contributed by atoms with Gasteiger partial charge in [-0.2, -0.15) is 0 Å². The third kappa shape index (κ3) is 2.16. The van der Waals surface area contributed by atoms with Crippen molar-refractivity contribution in [3.8, 4) is 0 Å². The molecule has 1 saturated heterocycles. The van der Waals surface area contributed by atoms with Gasteiger partial charge < -0.3 is 10.1 Å². The Labute approximate surface area is 87.0 Å². The fourth-order valence-electron chi connectivity index (χ4n) is 1.40. The lowest BCUT2D eigenvalue weighted by Gasteiger charge is -2.14. The van der Waals surface area contributed by atoms with E-state index >= 15 is 0 Å². The molecule has 1 aliphatic rings. The Balaban J connectivity index is 2.03. The zero-order valence-electron chi connectivity index (χ0n) is 7.47. The summed E-state index contributed by atoms with van der Waals surface area (Å²) >= 11 is 5.81. The van der Waals surface area contributed by atoms with Gasteiger partial charge in [0.05, 0.1) is 12.6 Å². The van der Waals surface area contributed by atoms with Crippen molar-refractivity contribution >= 4 is 17.3 Å². The van der Waals surface area contributed by atoms with E-state index in [1.54, 1.807) is 12.1 Å². The minimum atomic E-state index is -0.259. The lowest BCUT2D eigenvalue weighted by molar-refractivity contribution is 0.235. The smallest absolute Gasteiger partial charge is 0.206 e. The molecule has 1 unspecified atom stereocenters. The molecule has 1 aromatic rings. The van der Waals surface area contributed by atoms with E-state index in [1.807, 2.05) is 0 Å². The highest BCUT2D eigenvalue weighted by Gasteiger charge is 2.27. The Morgan fingerprint density at radius 3 is 3.00 bits per heavy atom. The monoisotopic (exact) mass is 214 g/mol. The van der Waals surface area contributed by atoms with E-state index < -0.39 is 0 Å². The topological polar surface area (TPSA) is 21.3 Å². The fraction of sp³-hybridized carbons (Fsp3) is 0.300. The first-order valence-corrected chi connectivity index (χ1v) is 4.81. The van der Waals surface area contributed by atoms with Crippen molar-refractivity contribution in [3.63, 3.8) is 0 Å². The average molecular weight is 215 g/mol. The highest BCUT2D eigenvalue weighted by atomic mass is 35.5. The lowest BCUT2D eigenvalue weighted by Crippen LogP contribution is -2.19. The Bertz CT molecular complexity index is 321. The standard InChI is InChI=1S/C10H10ClFNO/c11-10-9(4-5-14-10)13-8-3-1-2-7(12)6-8/h1-3,6,9,13H,4-5H2. The van der Waals surface area contributed by atoms with Gasteiger partial charge in [0, 0.05) is 5.69 Å². The number of anilines is 1. The third-order valence-electron chi connectivity index (χ3n) is 2.09. The third-order valence-corrected chi connectivity index (χ3v) is 2.46. The number of nitrogens with one attached hydrogen (secondary N) is 1. The second-order valence-corrected chi connectivity index (χ2v) is 3.52. The SMILES string of the molecule is Fc1cccc(NC2CCO[C]2Cl)c1. The Morgan fingerprint density at radius 1 is 1.50 bits per heavy atom. The van der Waals surface area contributed by atoms with Gasteiger partial charge >= 0.3 is 0 Å². The summed E-state index contributed by atoms with van der Waals surface area (Å²) in [5.41, 5.74) is 1.17. The van der Waals surface area contributed by atoms with Gasteiger partial charge in [-0.05, 0) is 24.6 Å². The molecule has 0 saturated carbocycles. The van der Waals surface area contributed by atoms with Crippen LogP contribution in [0.5, 0.6) is 0 Å². The molecule has 14 heavy (non-hydrogen) atoms. The molecule has 2 rings (SSSR count). The first-order chi connectivity index (χ1) is 6.75. The molecule has 1 aromatic carbocycles. The van der Waals surface area contributed by atoms with Crippen LogP contribution in [0.3, 0.4) is 0 Å². The number of rotatable bonds is 2. The number of hydrogen-bond donors (Lipinski definition) is 1. The maximum Gasteiger partial charge on any atom is 0.206 e. The van der Waals surface area contributed by atoms with Crippen molar-refractivity contribution in [2.75, 3.05) is 11.9 Å². The van der Waals surface area contributed by atoms with Crippen LogP contribution in [0.25, 0.3) is 0 Å². The number of benzene rings is 1. The van der Waals surface area contributed by atoms with Crippen molar-refractivity contribution < 1.29 is 9.13 Å². The quantitative estimate of drug-likeness (QED) is 0.818. The molecule has 1 fully saturated rings. The van der Waals surface area contributed by atoms with Crippen LogP contribution in [0.4, 0.5) is 10.1 Å². The van der Waals surface area contributed by atoms with Crippen molar-refractivity contribution in [1.29, 1.82) is 0 Å². The molecule has 75 valence electrons. The van der Waals surface area contributed by atoms with E-state index in [4.69, 9.17) is 16.3 Å². The Hall–Kier alpha value is -0.800. The van der Waals surface area contributed by atoms with Crippen molar-refractivity contribution in [2.45, 2.75) is 12.5 Å². The summed E-state index contributed by atoms with van der Waals surface area (Å²) in [7, 11) is 0. The predicted molar refractivity (Wildman–Crippen MR) is 53.5 cm³/mol. The van der Waals surface area contributed by atoms with Gasteiger partial charge in [-0.1, -0.05) is 17.7 Å². The van der Waals surface area contributed by atoms with Crippen molar-refractivity contribution in [1.82, 2.24) is 0 Å². The minimum absolute atomic E-state index is 0.0153. The summed E-state index contributed by atoms with van der Waals surface area (Å²) in [6, 6.07) is 6.27. The largest absolute Gasteiger partial charge is 0.378 e. The molecule has 2 nitrogen and oxygen atoms in total. The summed E-state index contributed by atoms with van der Waals surface area (Å²) < 4.78 is 17.9. The molecule has 0 aromatic heterocycles. The minimum Gasteiger partial charge on any atom is -0.378 e. The molecule has 1 atom stereocenters.